The van der Waals surface area contributed by atoms with Crippen LogP contribution in [0.5, 0.6) is 0 Å². The third-order valence-corrected chi connectivity index (χ3v) is 3.15. The van der Waals surface area contributed by atoms with Crippen molar-refractivity contribution in [3.05, 3.63) is 24.4 Å². The third kappa shape index (κ3) is 4.40. The van der Waals surface area contributed by atoms with Crippen molar-refractivity contribution in [1.29, 1.82) is 0 Å². The van der Waals surface area contributed by atoms with E-state index < -0.39 is 0 Å². The van der Waals surface area contributed by atoms with Gasteiger partial charge in [0.2, 0.25) is 0 Å². The maximum atomic E-state index is 3.86. The lowest BCUT2D eigenvalue weighted by Gasteiger charge is -2.25. The molecule has 0 bridgehead atoms. The van der Waals surface area contributed by atoms with Crippen molar-refractivity contribution in [1.82, 2.24) is 9.80 Å². The summed E-state index contributed by atoms with van der Waals surface area (Å²) in [5.41, 5.74) is 1.48. The topological polar surface area (TPSA) is 6.48 Å². The lowest BCUT2D eigenvalue weighted by molar-refractivity contribution is 0.322. The molecule has 2 heteroatoms. The quantitative estimate of drug-likeness (QED) is 0.660. The fourth-order valence-corrected chi connectivity index (χ4v) is 2.13. The minimum atomic E-state index is 1.02. The Morgan fingerprint density at radius 1 is 1.25 bits per heavy atom. The highest BCUT2D eigenvalue weighted by molar-refractivity contribution is 5.06. The van der Waals surface area contributed by atoms with Gasteiger partial charge >= 0.3 is 0 Å². The van der Waals surface area contributed by atoms with E-state index in [0.717, 1.165) is 6.42 Å². The second-order valence-electron chi connectivity index (χ2n) is 4.62. The van der Waals surface area contributed by atoms with Gasteiger partial charge in [-0.05, 0) is 26.4 Å². The first-order valence-electron chi connectivity index (χ1n) is 6.51. The zero-order chi connectivity index (χ0) is 11.8. The van der Waals surface area contributed by atoms with Gasteiger partial charge in [0.05, 0.1) is 0 Å². The van der Waals surface area contributed by atoms with E-state index in [9.17, 15) is 0 Å². The second kappa shape index (κ2) is 7.50. The molecule has 1 rings (SSSR count). The summed E-state index contributed by atoms with van der Waals surface area (Å²) in [6.07, 6.45) is 9.13. The molecule has 0 radical (unpaired) electrons. The highest BCUT2D eigenvalue weighted by atomic mass is 15.2. The molecule has 1 aliphatic heterocycles. The van der Waals surface area contributed by atoms with Gasteiger partial charge in [0.1, 0.15) is 0 Å². The second-order valence-corrected chi connectivity index (χ2v) is 4.62. The van der Waals surface area contributed by atoms with Crippen LogP contribution in [0.25, 0.3) is 0 Å². The van der Waals surface area contributed by atoms with E-state index in [4.69, 9.17) is 0 Å². The van der Waals surface area contributed by atoms with Crippen molar-refractivity contribution >= 4 is 0 Å². The highest BCUT2D eigenvalue weighted by Gasteiger charge is 2.13. The van der Waals surface area contributed by atoms with Crippen molar-refractivity contribution in [3.8, 4) is 0 Å². The molecule has 0 atom stereocenters. The summed E-state index contributed by atoms with van der Waals surface area (Å²) in [7, 11) is 2.21. The van der Waals surface area contributed by atoms with Crippen LogP contribution in [0.1, 0.15) is 32.6 Å². The predicted molar refractivity (Wildman–Crippen MR) is 71.5 cm³/mol. The van der Waals surface area contributed by atoms with Gasteiger partial charge in [-0.1, -0.05) is 25.5 Å². The van der Waals surface area contributed by atoms with E-state index in [1.807, 2.05) is 6.08 Å². The van der Waals surface area contributed by atoms with Gasteiger partial charge < -0.3 is 9.80 Å². The standard InChI is InChI=1S/C14H26N2/c1-4-6-9-14(8-5-2)16-11-7-10-15(3)12-13-16/h5,9H,2,4,6-8,10-13H2,1,3H3/b14-9+. The van der Waals surface area contributed by atoms with Crippen LogP contribution in [-0.4, -0.2) is 43.0 Å². The smallest absolute Gasteiger partial charge is 0.0302 e. The molecule has 1 heterocycles. The van der Waals surface area contributed by atoms with E-state index in [1.165, 1.54) is 51.1 Å². The van der Waals surface area contributed by atoms with Crippen LogP contribution in [0.15, 0.2) is 24.4 Å². The average Bonchev–Trinajstić information content (AvgIpc) is 2.49. The fourth-order valence-electron chi connectivity index (χ4n) is 2.13. The Morgan fingerprint density at radius 3 is 2.75 bits per heavy atom. The van der Waals surface area contributed by atoms with Gasteiger partial charge in [0.15, 0.2) is 0 Å². The Balaban J connectivity index is 2.58. The molecular weight excluding hydrogens is 196 g/mol. The molecular formula is C14H26N2. The van der Waals surface area contributed by atoms with Crippen LogP contribution < -0.4 is 0 Å². The number of hydrogen-bond donors (Lipinski definition) is 0. The summed E-state index contributed by atoms with van der Waals surface area (Å²) in [6, 6.07) is 0. The number of likely N-dealkylation sites (N-methyl/N-ethyl adjacent to an activating group) is 1. The zero-order valence-corrected chi connectivity index (χ0v) is 10.9. The molecule has 0 unspecified atom stereocenters. The van der Waals surface area contributed by atoms with Crippen molar-refractivity contribution < 1.29 is 0 Å². The van der Waals surface area contributed by atoms with E-state index in [1.54, 1.807) is 0 Å². The molecule has 0 saturated carbocycles. The summed E-state index contributed by atoms with van der Waals surface area (Å²) >= 11 is 0. The predicted octanol–water partition coefficient (Wildman–Crippen LogP) is 2.88. The van der Waals surface area contributed by atoms with Crippen LogP contribution in [0.3, 0.4) is 0 Å². The van der Waals surface area contributed by atoms with Crippen LogP contribution in [0.4, 0.5) is 0 Å². The summed E-state index contributed by atoms with van der Waals surface area (Å²) in [5.74, 6) is 0. The number of allylic oxidation sites excluding steroid dienone is 2. The van der Waals surface area contributed by atoms with Crippen molar-refractivity contribution in [3.63, 3.8) is 0 Å². The first-order chi connectivity index (χ1) is 7.77. The van der Waals surface area contributed by atoms with Crippen molar-refractivity contribution in [2.45, 2.75) is 32.6 Å². The monoisotopic (exact) mass is 222 g/mol. The maximum Gasteiger partial charge on any atom is 0.0302 e. The molecule has 2 nitrogen and oxygen atoms in total. The summed E-state index contributed by atoms with van der Waals surface area (Å²) in [4.78, 5) is 4.96. The summed E-state index contributed by atoms with van der Waals surface area (Å²) in [5, 5.41) is 0. The number of rotatable bonds is 5. The minimum absolute atomic E-state index is 1.02. The van der Waals surface area contributed by atoms with Gasteiger partial charge in [-0.15, -0.1) is 6.58 Å². The van der Waals surface area contributed by atoms with Gasteiger partial charge in [-0.3, -0.25) is 0 Å². The van der Waals surface area contributed by atoms with Gasteiger partial charge in [0, 0.05) is 31.8 Å². The number of unbranched alkanes of at least 4 members (excludes halogenated alkanes) is 1. The molecule has 0 amide bonds. The van der Waals surface area contributed by atoms with Crippen molar-refractivity contribution in [2.75, 3.05) is 33.2 Å². The number of hydrogen-bond acceptors (Lipinski definition) is 2. The Kier molecular flexibility index (Phi) is 6.24. The Bertz CT molecular complexity index is 233. The first-order valence-corrected chi connectivity index (χ1v) is 6.51. The molecule has 1 fully saturated rings. The lowest BCUT2D eigenvalue weighted by Crippen LogP contribution is -2.28. The lowest BCUT2D eigenvalue weighted by atomic mass is 10.2. The normalized spacial score (nSPS) is 19.6. The van der Waals surface area contributed by atoms with Gasteiger partial charge in [-0.25, -0.2) is 0 Å². The zero-order valence-electron chi connectivity index (χ0n) is 10.9. The SMILES string of the molecule is C=CC/C(=C\CCC)N1CCCN(C)CC1. The average molecular weight is 222 g/mol. The summed E-state index contributed by atoms with van der Waals surface area (Å²) in [6.45, 7) is 10.9. The molecule has 16 heavy (non-hydrogen) atoms. The molecule has 0 aliphatic carbocycles. The molecule has 0 spiro atoms. The number of nitrogens with zero attached hydrogens (tertiary/aromatic N) is 2. The van der Waals surface area contributed by atoms with E-state index >= 15 is 0 Å². The summed E-state index contributed by atoms with van der Waals surface area (Å²) < 4.78 is 0. The van der Waals surface area contributed by atoms with E-state index in [-0.39, 0.29) is 0 Å². The van der Waals surface area contributed by atoms with E-state index in [2.05, 4.69) is 36.4 Å². The third-order valence-electron chi connectivity index (χ3n) is 3.15. The molecule has 1 aliphatic rings. The van der Waals surface area contributed by atoms with Gasteiger partial charge in [0.25, 0.3) is 0 Å². The molecule has 92 valence electrons. The molecule has 0 N–H and O–H groups in total. The molecule has 0 aromatic rings. The minimum Gasteiger partial charge on any atom is -0.373 e. The van der Waals surface area contributed by atoms with Crippen LogP contribution in [0.2, 0.25) is 0 Å². The van der Waals surface area contributed by atoms with E-state index in [0.29, 0.717) is 0 Å². The van der Waals surface area contributed by atoms with Crippen molar-refractivity contribution in [2.24, 2.45) is 0 Å². The van der Waals surface area contributed by atoms with Crippen LogP contribution in [-0.2, 0) is 0 Å². The highest BCUT2D eigenvalue weighted by Crippen LogP contribution is 2.14. The Labute approximate surface area is 101 Å². The molecule has 0 aromatic heterocycles. The molecule has 0 aromatic carbocycles. The Morgan fingerprint density at radius 2 is 2.06 bits per heavy atom. The van der Waals surface area contributed by atoms with Crippen LogP contribution in [0, 0.1) is 0 Å². The fraction of sp³-hybridized carbons (Fsp3) is 0.714. The van der Waals surface area contributed by atoms with Crippen LogP contribution >= 0.6 is 0 Å². The van der Waals surface area contributed by atoms with Gasteiger partial charge in [-0.2, -0.15) is 0 Å². The Hall–Kier alpha value is -0.760. The largest absolute Gasteiger partial charge is 0.373 e. The maximum absolute atomic E-state index is 3.86. The first kappa shape index (κ1) is 13.3. The molecule has 1 saturated heterocycles.